The van der Waals surface area contributed by atoms with Crippen molar-refractivity contribution in [2.45, 2.75) is 25.0 Å². The number of nitrogens with one attached hydrogen (secondary N) is 1. The van der Waals surface area contributed by atoms with Gasteiger partial charge in [0.15, 0.2) is 20.8 Å². The molecule has 4 rings (SSSR count). The Hall–Kier alpha value is -0.700. The number of anilines is 1. The first-order valence-electron chi connectivity index (χ1n) is 8.45. The molecule has 0 aliphatic heterocycles. The zero-order valence-electron chi connectivity index (χ0n) is 14.9. The van der Waals surface area contributed by atoms with Crippen LogP contribution in [0.5, 0.6) is 0 Å². The van der Waals surface area contributed by atoms with E-state index in [1.807, 2.05) is 22.6 Å². The molecule has 2 heterocycles. The Kier molecular flexibility index (Phi) is 5.33. The van der Waals surface area contributed by atoms with E-state index in [0.29, 0.717) is 27.2 Å². The standard InChI is InChI=1S/C13H18IN5O8P2/c1-15-10-9-11(18-12(14)17-10)19(5-16-9)7-2-8(27-29(23,24)25)13(3-6(7)13)4-26-28(20,21)22/h5-8H,2-4H2,1H3,(H,15,17,18)(H2,20,21,22)(H2,23,24,25)/t6-,7+,8+,13-/m1/s1. The highest BCUT2D eigenvalue weighted by atomic mass is 127. The Morgan fingerprint density at radius 1 is 1.31 bits per heavy atom. The van der Waals surface area contributed by atoms with Crippen LogP contribution < -0.4 is 5.32 Å². The predicted molar refractivity (Wildman–Crippen MR) is 107 cm³/mol. The van der Waals surface area contributed by atoms with Gasteiger partial charge in [0.1, 0.15) is 0 Å². The van der Waals surface area contributed by atoms with Gasteiger partial charge in [-0.05, 0) is 18.8 Å². The molecule has 2 aliphatic carbocycles. The summed E-state index contributed by atoms with van der Waals surface area (Å²) in [7, 11) is -7.85. The van der Waals surface area contributed by atoms with Gasteiger partial charge in [0.25, 0.3) is 0 Å². The van der Waals surface area contributed by atoms with Crippen molar-refractivity contribution in [2.75, 3.05) is 19.0 Å². The fourth-order valence-corrected chi connectivity index (χ4v) is 5.76. The minimum Gasteiger partial charge on any atom is -0.371 e. The second kappa shape index (κ2) is 7.18. The van der Waals surface area contributed by atoms with Crippen LogP contribution in [-0.2, 0) is 18.2 Å². The molecule has 0 bridgehead atoms. The maximum atomic E-state index is 11.5. The van der Waals surface area contributed by atoms with Crippen LogP contribution >= 0.6 is 38.2 Å². The lowest BCUT2D eigenvalue weighted by atomic mass is 10.0. The number of hydrogen-bond acceptors (Lipinski definition) is 8. The Balaban J connectivity index is 1.70. The molecule has 0 radical (unpaired) electrons. The Bertz CT molecular complexity index is 1060. The van der Waals surface area contributed by atoms with Crippen molar-refractivity contribution in [3.05, 3.63) is 10.2 Å². The molecular weight excluding hydrogens is 543 g/mol. The SMILES string of the molecule is CNc1nc(I)nc2c1ncn2[C@H]1C[C@H](OP(=O)(O)O)[C@@]2(COP(=O)(O)O)C[C@H]12. The van der Waals surface area contributed by atoms with E-state index in [0.717, 1.165) is 0 Å². The van der Waals surface area contributed by atoms with Crippen LogP contribution in [0.4, 0.5) is 5.82 Å². The van der Waals surface area contributed by atoms with Gasteiger partial charge >= 0.3 is 15.6 Å². The molecule has 2 fully saturated rings. The lowest BCUT2D eigenvalue weighted by Crippen LogP contribution is -2.26. The maximum absolute atomic E-state index is 11.5. The van der Waals surface area contributed by atoms with Gasteiger partial charge in [0.05, 0.1) is 19.0 Å². The van der Waals surface area contributed by atoms with Gasteiger partial charge in [-0.25, -0.2) is 24.1 Å². The summed E-state index contributed by atoms with van der Waals surface area (Å²) in [6.45, 7) is -0.371. The van der Waals surface area contributed by atoms with Crippen LogP contribution in [0.1, 0.15) is 18.9 Å². The van der Waals surface area contributed by atoms with Crippen molar-refractivity contribution in [3.63, 3.8) is 0 Å². The molecule has 16 heteroatoms. The summed E-state index contributed by atoms with van der Waals surface area (Å²) >= 11 is 1.98. The zero-order valence-corrected chi connectivity index (χ0v) is 18.9. The van der Waals surface area contributed by atoms with E-state index >= 15 is 0 Å². The number of fused-ring (bicyclic) bond motifs is 2. The van der Waals surface area contributed by atoms with Gasteiger partial charge in [-0.1, -0.05) is 0 Å². The number of phosphoric ester groups is 2. The molecule has 160 valence electrons. The van der Waals surface area contributed by atoms with Gasteiger partial charge in [-0.15, -0.1) is 0 Å². The molecule has 0 saturated heterocycles. The topological polar surface area (TPSA) is 189 Å². The largest absolute Gasteiger partial charge is 0.469 e. The lowest BCUT2D eigenvalue weighted by molar-refractivity contribution is 0.0499. The van der Waals surface area contributed by atoms with Gasteiger partial charge in [0.2, 0.25) is 0 Å². The van der Waals surface area contributed by atoms with E-state index < -0.39 is 27.2 Å². The summed E-state index contributed by atoms with van der Waals surface area (Å²) in [5.41, 5.74) is 0.187. The zero-order chi connectivity index (χ0) is 21.2. The molecule has 29 heavy (non-hydrogen) atoms. The molecule has 0 aromatic carbocycles. The lowest BCUT2D eigenvalue weighted by Gasteiger charge is -2.24. The summed E-state index contributed by atoms with van der Waals surface area (Å²) in [6.07, 6.45) is 1.28. The van der Waals surface area contributed by atoms with Crippen LogP contribution in [0, 0.1) is 15.2 Å². The third-order valence-electron chi connectivity index (χ3n) is 5.49. The molecule has 0 unspecified atom stereocenters. The Morgan fingerprint density at radius 3 is 2.66 bits per heavy atom. The monoisotopic (exact) mass is 561 g/mol. The van der Waals surface area contributed by atoms with E-state index in [-0.39, 0.29) is 25.0 Å². The van der Waals surface area contributed by atoms with E-state index in [2.05, 4.69) is 24.8 Å². The summed E-state index contributed by atoms with van der Waals surface area (Å²) in [5, 5.41) is 2.95. The average molecular weight is 561 g/mol. The highest BCUT2D eigenvalue weighted by Gasteiger charge is 2.70. The first-order valence-corrected chi connectivity index (χ1v) is 12.6. The van der Waals surface area contributed by atoms with Gasteiger partial charge in [-0.3, -0.25) is 9.05 Å². The first-order chi connectivity index (χ1) is 13.4. The number of phosphoric acid groups is 2. The normalized spacial score (nSPS) is 29.2. The number of imidazole rings is 1. The van der Waals surface area contributed by atoms with E-state index in [4.69, 9.17) is 14.3 Å². The summed E-state index contributed by atoms with van der Waals surface area (Å²) in [4.78, 5) is 49.8. The van der Waals surface area contributed by atoms with Crippen LogP contribution in [-0.4, -0.2) is 58.9 Å². The third kappa shape index (κ3) is 4.10. The number of hydrogen-bond donors (Lipinski definition) is 5. The average Bonchev–Trinajstić information content (AvgIpc) is 3.07. The second-order valence-corrected chi connectivity index (χ2v) is 10.5. The number of nitrogens with zero attached hydrogens (tertiary/aromatic N) is 4. The first kappa shape index (κ1) is 21.5. The predicted octanol–water partition coefficient (Wildman–Crippen LogP) is 1.01. The van der Waals surface area contributed by atoms with Crippen molar-refractivity contribution in [1.82, 2.24) is 19.5 Å². The third-order valence-corrected chi connectivity index (χ3v) is 6.97. The van der Waals surface area contributed by atoms with Crippen LogP contribution in [0.25, 0.3) is 11.2 Å². The number of halogens is 1. The molecule has 5 N–H and O–H groups in total. The Labute approximate surface area is 177 Å². The minimum absolute atomic E-state index is 0.173. The molecular formula is C13H18IN5O8P2. The molecule has 2 aliphatic rings. The molecule has 0 spiro atoms. The maximum Gasteiger partial charge on any atom is 0.469 e. The molecule has 2 saturated carbocycles. The summed E-state index contributed by atoms with van der Waals surface area (Å²) in [5.74, 6) is 0.375. The Morgan fingerprint density at radius 2 is 2.03 bits per heavy atom. The second-order valence-electron chi connectivity index (χ2n) is 7.11. The van der Waals surface area contributed by atoms with Crippen LogP contribution in [0.3, 0.4) is 0 Å². The molecule has 4 atom stereocenters. The van der Waals surface area contributed by atoms with Crippen molar-refractivity contribution in [2.24, 2.45) is 11.3 Å². The van der Waals surface area contributed by atoms with Crippen molar-refractivity contribution < 1.29 is 37.8 Å². The van der Waals surface area contributed by atoms with Gasteiger partial charge in [0, 0.05) is 41.1 Å². The van der Waals surface area contributed by atoms with Crippen molar-refractivity contribution >= 4 is 55.2 Å². The highest BCUT2D eigenvalue weighted by molar-refractivity contribution is 14.1. The quantitative estimate of drug-likeness (QED) is 0.184. The van der Waals surface area contributed by atoms with Crippen molar-refractivity contribution in [1.29, 1.82) is 0 Å². The van der Waals surface area contributed by atoms with E-state index in [1.165, 1.54) is 0 Å². The van der Waals surface area contributed by atoms with E-state index in [9.17, 15) is 18.9 Å². The molecule has 0 amide bonds. The summed E-state index contributed by atoms with van der Waals surface area (Å²) < 4.78 is 34.6. The van der Waals surface area contributed by atoms with E-state index in [1.54, 1.807) is 17.9 Å². The van der Waals surface area contributed by atoms with Gasteiger partial charge < -0.3 is 29.5 Å². The van der Waals surface area contributed by atoms with Gasteiger partial charge in [-0.2, -0.15) is 0 Å². The minimum atomic E-state index is -4.82. The summed E-state index contributed by atoms with van der Waals surface area (Å²) in [6, 6.07) is -0.285. The molecule has 13 nitrogen and oxygen atoms in total. The number of aromatic nitrogens is 4. The van der Waals surface area contributed by atoms with Crippen LogP contribution in [0.15, 0.2) is 6.33 Å². The van der Waals surface area contributed by atoms with Crippen molar-refractivity contribution in [3.8, 4) is 0 Å². The molecule has 2 aromatic rings. The highest BCUT2D eigenvalue weighted by Crippen LogP contribution is 2.71. The smallest absolute Gasteiger partial charge is 0.371 e. The fourth-order valence-electron chi connectivity index (χ4n) is 4.25. The van der Waals surface area contributed by atoms with Crippen LogP contribution in [0.2, 0.25) is 0 Å². The fraction of sp³-hybridized carbons (Fsp3) is 0.615. The number of rotatable bonds is 7. The molecule has 2 aromatic heterocycles.